The molecule has 0 aliphatic rings. The summed E-state index contributed by atoms with van der Waals surface area (Å²) in [5.74, 6) is 1.49. The van der Waals surface area contributed by atoms with Crippen LogP contribution < -0.4 is 15.8 Å². The number of aromatic nitrogens is 3. The van der Waals surface area contributed by atoms with E-state index in [1.807, 2.05) is 25.1 Å². The van der Waals surface area contributed by atoms with E-state index in [0.717, 1.165) is 17.9 Å². The molecule has 0 fully saturated rings. The Balaban J connectivity index is 2.08. The van der Waals surface area contributed by atoms with Crippen molar-refractivity contribution in [3.8, 4) is 5.75 Å². The Morgan fingerprint density at radius 2 is 2.32 bits per heavy atom. The minimum Gasteiger partial charge on any atom is -0.491 e. The van der Waals surface area contributed by atoms with Crippen molar-refractivity contribution in [3.05, 3.63) is 30.4 Å². The number of aromatic amines is 1. The molecule has 6 heteroatoms. The van der Waals surface area contributed by atoms with Crippen molar-refractivity contribution in [1.29, 1.82) is 0 Å². The number of nitrogens with zero attached hydrogens (tertiary/aromatic N) is 2. The topological polar surface area (TPSA) is 88.8 Å². The van der Waals surface area contributed by atoms with Crippen LogP contribution in [0, 0.1) is 0 Å². The first-order valence-electron chi connectivity index (χ1n) is 6.34. The second-order valence-corrected chi connectivity index (χ2v) is 4.34. The summed E-state index contributed by atoms with van der Waals surface area (Å²) >= 11 is 0. The number of rotatable bonds is 6. The third-order valence-corrected chi connectivity index (χ3v) is 2.70. The number of anilines is 2. The van der Waals surface area contributed by atoms with Crippen molar-refractivity contribution in [1.82, 2.24) is 15.2 Å². The minimum absolute atomic E-state index is 0.0325. The van der Waals surface area contributed by atoms with E-state index in [1.165, 1.54) is 6.33 Å². The fraction of sp³-hybridized carbons (Fsp3) is 0.385. The van der Waals surface area contributed by atoms with Gasteiger partial charge in [0, 0.05) is 11.8 Å². The summed E-state index contributed by atoms with van der Waals surface area (Å²) in [7, 11) is 0. The molecule has 1 aromatic heterocycles. The fourth-order valence-electron chi connectivity index (χ4n) is 1.70. The molecule has 0 bridgehead atoms. The summed E-state index contributed by atoms with van der Waals surface area (Å²) in [6.07, 6.45) is 2.44. The highest BCUT2D eigenvalue weighted by Crippen LogP contribution is 2.27. The molecule has 102 valence electrons. The number of nitrogens with one attached hydrogen (secondary N) is 2. The average Bonchev–Trinajstić information content (AvgIpc) is 2.93. The van der Waals surface area contributed by atoms with Gasteiger partial charge in [-0.3, -0.25) is 5.10 Å². The number of hydrogen-bond acceptors (Lipinski definition) is 5. The van der Waals surface area contributed by atoms with Crippen LogP contribution in [0.2, 0.25) is 0 Å². The lowest BCUT2D eigenvalue weighted by Gasteiger charge is -2.15. The van der Waals surface area contributed by atoms with Crippen LogP contribution in [0.5, 0.6) is 5.75 Å². The maximum Gasteiger partial charge on any atom is 0.146 e. The lowest BCUT2D eigenvalue weighted by Crippen LogP contribution is -2.09. The van der Waals surface area contributed by atoms with Gasteiger partial charge in [-0.05, 0) is 25.5 Å². The molecule has 0 aliphatic heterocycles. The molecule has 0 saturated heterocycles. The molecule has 1 heterocycles. The second kappa shape index (κ2) is 6.08. The van der Waals surface area contributed by atoms with E-state index in [4.69, 9.17) is 10.5 Å². The maximum atomic E-state index is 5.87. The molecular formula is C13H19N5O. The highest BCUT2D eigenvalue weighted by Gasteiger charge is 2.09. The van der Waals surface area contributed by atoms with Gasteiger partial charge in [-0.1, -0.05) is 6.92 Å². The van der Waals surface area contributed by atoms with Gasteiger partial charge in [-0.2, -0.15) is 5.10 Å². The second-order valence-electron chi connectivity index (χ2n) is 4.34. The molecular weight excluding hydrogens is 242 g/mol. The quantitative estimate of drug-likeness (QED) is 0.694. The summed E-state index contributed by atoms with van der Waals surface area (Å²) in [5.41, 5.74) is 7.45. The summed E-state index contributed by atoms with van der Waals surface area (Å²) in [6, 6.07) is 5.68. The van der Waals surface area contributed by atoms with Crippen molar-refractivity contribution in [3.63, 3.8) is 0 Å². The van der Waals surface area contributed by atoms with Gasteiger partial charge in [0.25, 0.3) is 0 Å². The zero-order valence-electron chi connectivity index (χ0n) is 11.2. The van der Waals surface area contributed by atoms with Gasteiger partial charge in [-0.15, -0.1) is 0 Å². The monoisotopic (exact) mass is 261 g/mol. The third-order valence-electron chi connectivity index (χ3n) is 2.70. The Labute approximate surface area is 112 Å². The number of ether oxygens (including phenoxy) is 1. The Morgan fingerprint density at radius 1 is 1.47 bits per heavy atom. The van der Waals surface area contributed by atoms with E-state index in [-0.39, 0.29) is 6.04 Å². The Morgan fingerprint density at radius 3 is 3.00 bits per heavy atom. The SMILES string of the molecule is CCCOc1cc(NC(C)c2ncn[nH]2)ccc1N. The largest absolute Gasteiger partial charge is 0.491 e. The Bertz CT molecular complexity index is 512. The first kappa shape index (κ1) is 13.2. The van der Waals surface area contributed by atoms with Crippen LogP contribution >= 0.6 is 0 Å². The summed E-state index contributed by atoms with van der Waals surface area (Å²) in [6.45, 7) is 4.72. The van der Waals surface area contributed by atoms with Crippen molar-refractivity contribution >= 4 is 11.4 Å². The highest BCUT2D eigenvalue weighted by molar-refractivity contribution is 5.61. The molecule has 0 aliphatic carbocycles. The first-order chi connectivity index (χ1) is 9.20. The van der Waals surface area contributed by atoms with Gasteiger partial charge in [0.15, 0.2) is 0 Å². The van der Waals surface area contributed by atoms with Crippen molar-refractivity contribution in [2.24, 2.45) is 0 Å². The smallest absolute Gasteiger partial charge is 0.146 e. The van der Waals surface area contributed by atoms with Crippen LogP contribution in [0.15, 0.2) is 24.5 Å². The molecule has 19 heavy (non-hydrogen) atoms. The molecule has 0 amide bonds. The molecule has 2 aromatic rings. The summed E-state index contributed by atoms with van der Waals surface area (Å²) < 4.78 is 5.60. The highest BCUT2D eigenvalue weighted by atomic mass is 16.5. The van der Waals surface area contributed by atoms with Gasteiger partial charge in [0.1, 0.15) is 17.9 Å². The van der Waals surface area contributed by atoms with E-state index in [0.29, 0.717) is 18.0 Å². The summed E-state index contributed by atoms with van der Waals surface area (Å²) in [5, 5.41) is 9.99. The Kier molecular flexibility index (Phi) is 4.22. The fourth-order valence-corrected chi connectivity index (χ4v) is 1.70. The number of nitrogen functional groups attached to an aromatic ring is 1. The van der Waals surface area contributed by atoms with Crippen molar-refractivity contribution < 1.29 is 4.74 Å². The number of hydrogen-bond donors (Lipinski definition) is 3. The van der Waals surface area contributed by atoms with E-state index < -0.39 is 0 Å². The standard InChI is InChI=1S/C13H19N5O/c1-3-6-19-12-7-10(4-5-11(12)14)17-9(2)13-15-8-16-18-13/h4-5,7-9,17H,3,6,14H2,1-2H3,(H,15,16,18). The van der Waals surface area contributed by atoms with E-state index in [9.17, 15) is 0 Å². The van der Waals surface area contributed by atoms with Crippen LogP contribution in [-0.2, 0) is 0 Å². The zero-order chi connectivity index (χ0) is 13.7. The van der Waals surface area contributed by atoms with E-state index in [1.54, 1.807) is 0 Å². The number of nitrogens with two attached hydrogens (primary N) is 1. The van der Waals surface area contributed by atoms with Crippen LogP contribution in [-0.4, -0.2) is 21.8 Å². The molecule has 0 spiro atoms. The molecule has 0 radical (unpaired) electrons. The molecule has 2 rings (SSSR count). The maximum absolute atomic E-state index is 5.87. The zero-order valence-corrected chi connectivity index (χ0v) is 11.2. The number of H-pyrrole nitrogens is 1. The van der Waals surface area contributed by atoms with Crippen LogP contribution in [0.3, 0.4) is 0 Å². The minimum atomic E-state index is 0.0325. The molecule has 1 aromatic carbocycles. The van der Waals surface area contributed by atoms with Gasteiger partial charge in [0.05, 0.1) is 18.3 Å². The van der Waals surface area contributed by atoms with Gasteiger partial charge < -0.3 is 15.8 Å². The normalized spacial score (nSPS) is 12.1. The van der Waals surface area contributed by atoms with Gasteiger partial charge in [0.2, 0.25) is 0 Å². The van der Waals surface area contributed by atoms with Crippen LogP contribution in [0.1, 0.15) is 32.1 Å². The predicted octanol–water partition coefficient (Wildman–Crippen LogP) is 2.35. The number of benzene rings is 1. The van der Waals surface area contributed by atoms with E-state index >= 15 is 0 Å². The summed E-state index contributed by atoms with van der Waals surface area (Å²) in [4.78, 5) is 4.12. The van der Waals surface area contributed by atoms with Crippen molar-refractivity contribution in [2.45, 2.75) is 26.3 Å². The molecule has 1 atom stereocenters. The lowest BCUT2D eigenvalue weighted by atomic mass is 10.2. The molecule has 4 N–H and O–H groups in total. The third kappa shape index (κ3) is 3.37. The van der Waals surface area contributed by atoms with E-state index in [2.05, 4.69) is 27.4 Å². The lowest BCUT2D eigenvalue weighted by molar-refractivity contribution is 0.319. The average molecular weight is 261 g/mol. The molecule has 0 saturated carbocycles. The molecule has 6 nitrogen and oxygen atoms in total. The van der Waals surface area contributed by atoms with Crippen molar-refractivity contribution in [2.75, 3.05) is 17.7 Å². The molecule has 1 unspecified atom stereocenters. The Hall–Kier alpha value is -2.24. The van der Waals surface area contributed by atoms with Crippen LogP contribution in [0.4, 0.5) is 11.4 Å². The predicted molar refractivity (Wildman–Crippen MR) is 75.1 cm³/mol. The first-order valence-corrected chi connectivity index (χ1v) is 6.34. The van der Waals surface area contributed by atoms with Crippen LogP contribution in [0.25, 0.3) is 0 Å². The van der Waals surface area contributed by atoms with Gasteiger partial charge in [-0.25, -0.2) is 4.98 Å². The van der Waals surface area contributed by atoms with Gasteiger partial charge >= 0.3 is 0 Å².